The minimum absolute atomic E-state index is 0.0617. The first-order valence-corrected chi connectivity index (χ1v) is 13.4. The summed E-state index contributed by atoms with van der Waals surface area (Å²) in [5.74, 6) is -0.603. The molecule has 44 heavy (non-hydrogen) atoms. The van der Waals surface area contributed by atoms with Crippen LogP contribution in [-0.2, 0) is 9.59 Å². The Morgan fingerprint density at radius 1 is 1.16 bits per heavy atom. The van der Waals surface area contributed by atoms with E-state index < -0.39 is 30.2 Å². The highest BCUT2D eigenvalue weighted by molar-refractivity contribution is 6.08. The predicted octanol–water partition coefficient (Wildman–Crippen LogP) is 4.51. The Morgan fingerprint density at radius 3 is 2.59 bits per heavy atom. The number of nitrogens with zero attached hydrogens (tertiary/aromatic N) is 6. The molecule has 1 aliphatic heterocycles. The Hall–Kier alpha value is -4.92. The molecule has 0 fully saturated rings. The molecule has 0 spiro atoms. The van der Waals surface area contributed by atoms with Gasteiger partial charge in [0.15, 0.2) is 23.8 Å². The monoisotopic (exact) mass is 614 g/mol. The van der Waals surface area contributed by atoms with Crippen molar-refractivity contribution in [2.45, 2.75) is 25.6 Å². The Labute approximate surface area is 252 Å². The fourth-order valence-corrected chi connectivity index (χ4v) is 4.08. The number of alkyl halides is 3. The number of carbonyl (C=O) groups excluding carboxylic acids is 2. The second kappa shape index (κ2) is 12.8. The number of amides is 2. The third kappa shape index (κ3) is 7.72. The van der Waals surface area contributed by atoms with Crippen LogP contribution in [-0.4, -0.2) is 84.3 Å². The van der Waals surface area contributed by atoms with Gasteiger partial charge < -0.3 is 29.9 Å². The number of aromatic nitrogens is 3. The van der Waals surface area contributed by atoms with E-state index in [1.165, 1.54) is 17.2 Å². The molecule has 3 aromatic rings. The summed E-state index contributed by atoms with van der Waals surface area (Å²) < 4.78 is 50.2. The minimum atomic E-state index is -4.60. The fourth-order valence-electron chi connectivity index (χ4n) is 4.08. The summed E-state index contributed by atoms with van der Waals surface area (Å²) in [6, 6.07) is 9.67. The van der Waals surface area contributed by atoms with E-state index in [0.29, 0.717) is 30.3 Å². The van der Waals surface area contributed by atoms with E-state index in [1.54, 1.807) is 56.1 Å². The molecule has 3 heterocycles. The lowest BCUT2D eigenvalue weighted by atomic mass is 10.0. The highest BCUT2D eigenvalue weighted by Gasteiger charge is 2.43. The van der Waals surface area contributed by atoms with Gasteiger partial charge in [0.2, 0.25) is 17.7 Å². The summed E-state index contributed by atoms with van der Waals surface area (Å²) in [7, 11) is 5.58. The maximum Gasteiger partial charge on any atom is 0.422 e. The standard InChI is InChI=1S/C29H33F3N8O4/c1-7-23(41)34-18-9-8-10-19(15-18)40-24-21(44-28(2,3)26(40)42)16-33-27(37-24)35-20-11-12-22(39(6)14-13-38(4)5)36-25(20)43-17-29(30,31)32/h7-12,15-16H,1,13-14,17H2,2-6H3,(H,34,41)(H,33,35,37). The zero-order valence-corrected chi connectivity index (χ0v) is 24.9. The van der Waals surface area contributed by atoms with Gasteiger partial charge in [-0.1, -0.05) is 12.6 Å². The van der Waals surface area contributed by atoms with Gasteiger partial charge in [-0.3, -0.25) is 14.5 Å². The van der Waals surface area contributed by atoms with Gasteiger partial charge in [0.1, 0.15) is 11.5 Å². The topological polar surface area (TPSA) is 125 Å². The van der Waals surface area contributed by atoms with Gasteiger partial charge in [-0.2, -0.15) is 23.1 Å². The van der Waals surface area contributed by atoms with Gasteiger partial charge in [0.25, 0.3) is 5.91 Å². The number of benzene rings is 1. The molecule has 0 bridgehead atoms. The number of halogens is 3. The SMILES string of the molecule is C=CC(=O)Nc1cccc(N2C(=O)C(C)(C)Oc3cnc(Nc4ccc(N(C)CCN(C)C)nc4OCC(F)(F)F)nc32)c1. The number of fused-ring (bicyclic) bond motifs is 1. The van der Waals surface area contributed by atoms with Crippen LogP contribution in [0.2, 0.25) is 0 Å². The van der Waals surface area contributed by atoms with Crippen LogP contribution in [0, 0.1) is 0 Å². The summed E-state index contributed by atoms with van der Waals surface area (Å²) >= 11 is 0. The molecule has 4 rings (SSSR count). The van der Waals surface area contributed by atoms with Crippen LogP contribution in [0.5, 0.6) is 11.6 Å². The third-order valence-corrected chi connectivity index (χ3v) is 6.33. The molecule has 0 atom stereocenters. The number of rotatable bonds is 11. The van der Waals surface area contributed by atoms with Gasteiger partial charge in [-0.15, -0.1) is 0 Å². The van der Waals surface area contributed by atoms with E-state index in [2.05, 4.69) is 32.2 Å². The first kappa shape index (κ1) is 32.0. The molecular weight excluding hydrogens is 581 g/mol. The second-order valence-electron chi connectivity index (χ2n) is 10.7. The maximum atomic E-state index is 13.6. The summed E-state index contributed by atoms with van der Waals surface area (Å²) in [6.45, 7) is 6.32. The number of likely N-dealkylation sites (N-methyl/N-ethyl adjacent to an activating group) is 2. The number of nitrogens with one attached hydrogen (secondary N) is 2. The molecule has 1 aromatic carbocycles. The smallest absolute Gasteiger partial charge is 0.422 e. The van der Waals surface area contributed by atoms with E-state index in [1.807, 2.05) is 19.0 Å². The molecule has 0 unspecified atom stereocenters. The molecule has 0 aliphatic carbocycles. The molecule has 2 amide bonds. The summed E-state index contributed by atoms with van der Waals surface area (Å²) in [6.07, 6.45) is -2.13. The van der Waals surface area contributed by atoms with Crippen LogP contribution in [0.25, 0.3) is 0 Å². The minimum Gasteiger partial charge on any atom is -0.472 e. The molecular formula is C29H33F3N8O4. The van der Waals surface area contributed by atoms with Crippen molar-refractivity contribution in [1.82, 2.24) is 19.9 Å². The highest BCUT2D eigenvalue weighted by atomic mass is 19.4. The number of hydrogen-bond donors (Lipinski definition) is 2. The zero-order valence-electron chi connectivity index (χ0n) is 24.9. The van der Waals surface area contributed by atoms with Crippen LogP contribution in [0.1, 0.15) is 13.8 Å². The van der Waals surface area contributed by atoms with Crippen molar-refractivity contribution in [1.29, 1.82) is 0 Å². The largest absolute Gasteiger partial charge is 0.472 e. The zero-order chi connectivity index (χ0) is 32.2. The molecule has 2 N–H and O–H groups in total. The van der Waals surface area contributed by atoms with Crippen molar-refractivity contribution >= 4 is 46.5 Å². The lowest BCUT2D eigenvalue weighted by Gasteiger charge is -2.37. The van der Waals surface area contributed by atoms with E-state index in [-0.39, 0.29) is 29.1 Å². The number of pyridine rings is 1. The van der Waals surface area contributed by atoms with Gasteiger partial charge in [0.05, 0.1) is 11.9 Å². The van der Waals surface area contributed by atoms with Crippen LogP contribution < -0.4 is 29.9 Å². The van der Waals surface area contributed by atoms with Crippen LogP contribution in [0.15, 0.2) is 55.3 Å². The molecule has 0 saturated heterocycles. The predicted molar refractivity (Wildman–Crippen MR) is 160 cm³/mol. The Kier molecular flexibility index (Phi) is 9.27. The summed E-state index contributed by atoms with van der Waals surface area (Å²) in [5, 5.41) is 5.51. The molecule has 15 heteroatoms. The number of carbonyl (C=O) groups is 2. The normalized spacial score (nSPS) is 14.0. The van der Waals surface area contributed by atoms with Crippen molar-refractivity contribution in [3.8, 4) is 11.6 Å². The maximum absolute atomic E-state index is 13.6. The molecule has 234 valence electrons. The van der Waals surface area contributed by atoms with Crippen molar-refractivity contribution in [3.63, 3.8) is 0 Å². The summed E-state index contributed by atoms with van der Waals surface area (Å²) in [5.41, 5.74) is -0.433. The van der Waals surface area contributed by atoms with Crippen molar-refractivity contribution in [2.24, 2.45) is 0 Å². The van der Waals surface area contributed by atoms with Crippen molar-refractivity contribution < 1.29 is 32.2 Å². The van der Waals surface area contributed by atoms with Gasteiger partial charge in [-0.25, -0.2) is 4.98 Å². The first-order valence-electron chi connectivity index (χ1n) is 13.4. The molecule has 0 radical (unpaired) electrons. The number of ether oxygens (including phenoxy) is 2. The highest BCUT2D eigenvalue weighted by Crippen LogP contribution is 2.41. The molecule has 1 aliphatic rings. The van der Waals surface area contributed by atoms with Crippen LogP contribution >= 0.6 is 0 Å². The Morgan fingerprint density at radius 2 is 1.91 bits per heavy atom. The Bertz CT molecular complexity index is 1550. The average Bonchev–Trinajstić information content (AvgIpc) is 2.95. The average molecular weight is 615 g/mol. The Balaban J connectivity index is 1.71. The molecule has 2 aromatic heterocycles. The quantitative estimate of drug-likeness (QED) is 0.298. The van der Waals surface area contributed by atoms with Crippen LogP contribution in [0.4, 0.5) is 47.8 Å². The van der Waals surface area contributed by atoms with Crippen molar-refractivity contribution in [3.05, 3.63) is 55.3 Å². The third-order valence-electron chi connectivity index (χ3n) is 6.33. The lowest BCUT2D eigenvalue weighted by Crippen LogP contribution is -2.51. The van der Waals surface area contributed by atoms with Crippen molar-refractivity contribution in [2.75, 3.05) is 61.3 Å². The van der Waals surface area contributed by atoms with Gasteiger partial charge in [-0.05, 0) is 64.4 Å². The number of hydrogen-bond acceptors (Lipinski definition) is 10. The second-order valence-corrected chi connectivity index (χ2v) is 10.7. The van der Waals surface area contributed by atoms with Gasteiger partial charge >= 0.3 is 6.18 Å². The van der Waals surface area contributed by atoms with Gasteiger partial charge in [0, 0.05) is 25.8 Å². The lowest BCUT2D eigenvalue weighted by molar-refractivity contribution is -0.154. The molecule has 12 nitrogen and oxygen atoms in total. The number of anilines is 6. The van der Waals surface area contributed by atoms with E-state index in [0.717, 1.165) is 6.08 Å². The molecule has 0 saturated carbocycles. The van der Waals surface area contributed by atoms with Crippen LogP contribution in [0.3, 0.4) is 0 Å². The fraction of sp³-hybridized carbons (Fsp3) is 0.345. The van der Waals surface area contributed by atoms with E-state index >= 15 is 0 Å². The summed E-state index contributed by atoms with van der Waals surface area (Å²) in [4.78, 5) is 43.5. The van der Waals surface area contributed by atoms with E-state index in [9.17, 15) is 22.8 Å². The first-order chi connectivity index (χ1) is 20.7. The van der Waals surface area contributed by atoms with E-state index in [4.69, 9.17) is 9.47 Å².